The third-order valence-corrected chi connectivity index (χ3v) is 4.11. The molecule has 0 amide bonds. The van der Waals surface area contributed by atoms with Gasteiger partial charge in [-0.2, -0.15) is 0 Å². The predicted octanol–water partition coefficient (Wildman–Crippen LogP) is 2.32. The summed E-state index contributed by atoms with van der Waals surface area (Å²) in [7, 11) is 0. The molecule has 0 unspecified atom stereocenters. The van der Waals surface area contributed by atoms with E-state index in [0.717, 1.165) is 44.8 Å². The summed E-state index contributed by atoms with van der Waals surface area (Å²) in [5.41, 5.74) is 1.85. The van der Waals surface area contributed by atoms with E-state index < -0.39 is 0 Å². The summed E-state index contributed by atoms with van der Waals surface area (Å²) in [5, 5.41) is 19.7. The fourth-order valence-electron chi connectivity index (χ4n) is 2.79. The fraction of sp³-hybridized carbons (Fsp3) is 0.412. The van der Waals surface area contributed by atoms with Crippen molar-refractivity contribution < 1.29 is 9.66 Å². The van der Waals surface area contributed by atoms with E-state index in [0.29, 0.717) is 17.8 Å². The van der Waals surface area contributed by atoms with Gasteiger partial charge in [-0.05, 0) is 19.4 Å². The minimum absolute atomic E-state index is 0.0471. The lowest BCUT2D eigenvalue weighted by molar-refractivity contribution is -0.386. The molecule has 1 aliphatic rings. The van der Waals surface area contributed by atoms with E-state index >= 15 is 0 Å². The van der Waals surface area contributed by atoms with Crippen molar-refractivity contribution in [2.24, 2.45) is 0 Å². The molecule has 7 heteroatoms. The number of hydrogen-bond acceptors (Lipinski definition) is 6. The first-order valence-electron chi connectivity index (χ1n) is 8.10. The number of nitro groups is 1. The summed E-state index contributed by atoms with van der Waals surface area (Å²) >= 11 is 0. The molecular formula is C17H20N4O3. The predicted molar refractivity (Wildman–Crippen MR) is 89.7 cm³/mol. The van der Waals surface area contributed by atoms with Gasteiger partial charge in [0.15, 0.2) is 0 Å². The van der Waals surface area contributed by atoms with Crippen molar-refractivity contribution in [2.75, 3.05) is 32.8 Å². The summed E-state index contributed by atoms with van der Waals surface area (Å²) < 4.78 is 5.32. The molecule has 0 radical (unpaired) electrons. The average Bonchev–Trinajstić information content (AvgIpc) is 2.63. The molecule has 2 heterocycles. The summed E-state index contributed by atoms with van der Waals surface area (Å²) in [4.78, 5) is 13.3. The molecule has 0 saturated carbocycles. The van der Waals surface area contributed by atoms with Crippen molar-refractivity contribution in [3.8, 4) is 11.3 Å². The van der Waals surface area contributed by atoms with E-state index in [1.165, 1.54) is 6.07 Å². The maximum Gasteiger partial charge on any atom is 0.294 e. The largest absolute Gasteiger partial charge is 0.379 e. The van der Waals surface area contributed by atoms with E-state index in [1.54, 1.807) is 0 Å². The van der Waals surface area contributed by atoms with Crippen molar-refractivity contribution in [3.05, 3.63) is 52.2 Å². The highest BCUT2D eigenvalue weighted by Gasteiger charge is 2.18. The second-order valence-electron chi connectivity index (χ2n) is 5.74. The van der Waals surface area contributed by atoms with Gasteiger partial charge in [0.05, 0.1) is 23.8 Å². The molecule has 1 aromatic heterocycles. The Morgan fingerprint density at radius 3 is 2.62 bits per heavy atom. The number of morpholine rings is 1. The maximum atomic E-state index is 11.4. The summed E-state index contributed by atoms with van der Waals surface area (Å²) in [5.74, 6) is 0. The topological polar surface area (TPSA) is 81.4 Å². The number of ether oxygens (including phenoxy) is 1. The van der Waals surface area contributed by atoms with Crippen LogP contribution in [0.15, 0.2) is 36.4 Å². The number of aromatic nitrogens is 2. The third-order valence-electron chi connectivity index (χ3n) is 4.11. The van der Waals surface area contributed by atoms with Crippen LogP contribution in [0.5, 0.6) is 0 Å². The molecular weight excluding hydrogens is 308 g/mol. The second-order valence-corrected chi connectivity index (χ2v) is 5.74. The lowest BCUT2D eigenvalue weighted by Gasteiger charge is -2.26. The normalized spacial score (nSPS) is 15.3. The van der Waals surface area contributed by atoms with Gasteiger partial charge in [-0.25, -0.2) is 0 Å². The van der Waals surface area contributed by atoms with Crippen LogP contribution in [0.2, 0.25) is 0 Å². The zero-order valence-electron chi connectivity index (χ0n) is 13.4. The van der Waals surface area contributed by atoms with Gasteiger partial charge in [0, 0.05) is 24.7 Å². The van der Waals surface area contributed by atoms with E-state index in [1.807, 2.05) is 30.3 Å². The number of benzene rings is 1. The maximum absolute atomic E-state index is 11.4. The highest BCUT2D eigenvalue weighted by molar-refractivity contribution is 5.61. The number of hydrogen-bond donors (Lipinski definition) is 0. The molecule has 3 rings (SSSR count). The number of aryl methyl sites for hydroxylation is 1. The van der Waals surface area contributed by atoms with Crippen molar-refractivity contribution >= 4 is 5.69 Å². The monoisotopic (exact) mass is 328 g/mol. The van der Waals surface area contributed by atoms with Crippen molar-refractivity contribution in [1.29, 1.82) is 0 Å². The molecule has 1 aliphatic heterocycles. The van der Waals surface area contributed by atoms with Crippen LogP contribution in [-0.2, 0) is 11.2 Å². The van der Waals surface area contributed by atoms with Crippen molar-refractivity contribution in [3.63, 3.8) is 0 Å². The molecule has 1 aromatic carbocycles. The Bertz CT molecular complexity index is 687. The highest BCUT2D eigenvalue weighted by Crippen LogP contribution is 2.24. The molecule has 7 nitrogen and oxygen atoms in total. The molecule has 24 heavy (non-hydrogen) atoms. The first kappa shape index (κ1) is 16.5. The Morgan fingerprint density at radius 2 is 1.92 bits per heavy atom. The molecule has 2 aromatic rings. The molecule has 0 bridgehead atoms. The Labute approximate surface area is 140 Å². The van der Waals surface area contributed by atoms with Crippen LogP contribution >= 0.6 is 0 Å². The zero-order valence-corrected chi connectivity index (χ0v) is 13.4. The zero-order chi connectivity index (χ0) is 16.8. The van der Waals surface area contributed by atoms with Gasteiger partial charge in [0.1, 0.15) is 5.69 Å². The molecule has 0 spiro atoms. The first-order valence-corrected chi connectivity index (χ1v) is 8.10. The molecule has 0 atom stereocenters. The first-order chi connectivity index (χ1) is 11.7. The van der Waals surface area contributed by atoms with Gasteiger partial charge in [-0.3, -0.25) is 15.0 Å². The molecule has 0 N–H and O–H groups in total. The van der Waals surface area contributed by atoms with Crippen LogP contribution in [0.4, 0.5) is 5.69 Å². The summed E-state index contributed by atoms with van der Waals surface area (Å²) in [6.45, 7) is 4.24. The Balaban J connectivity index is 1.69. The van der Waals surface area contributed by atoms with E-state index in [-0.39, 0.29) is 10.6 Å². The van der Waals surface area contributed by atoms with E-state index in [4.69, 9.17) is 4.74 Å². The SMILES string of the molecule is O=[N+]([O-])c1cc(-c2ccccc2)nnc1CCCN1CCOCC1. The lowest BCUT2D eigenvalue weighted by Crippen LogP contribution is -2.37. The lowest BCUT2D eigenvalue weighted by atomic mass is 10.1. The smallest absolute Gasteiger partial charge is 0.294 e. The molecule has 1 saturated heterocycles. The van der Waals surface area contributed by atoms with Crippen LogP contribution in [0.3, 0.4) is 0 Å². The molecule has 0 aliphatic carbocycles. The van der Waals surface area contributed by atoms with E-state index in [2.05, 4.69) is 15.1 Å². The van der Waals surface area contributed by atoms with Gasteiger partial charge in [-0.15, -0.1) is 10.2 Å². The van der Waals surface area contributed by atoms with Gasteiger partial charge >= 0.3 is 0 Å². The Hall–Kier alpha value is -2.38. The molecule has 1 fully saturated rings. The molecule has 126 valence electrons. The Morgan fingerprint density at radius 1 is 1.17 bits per heavy atom. The minimum atomic E-state index is -0.370. The van der Waals surface area contributed by atoms with Gasteiger partial charge in [0.2, 0.25) is 0 Å². The number of nitrogens with zero attached hydrogens (tertiary/aromatic N) is 4. The van der Waals surface area contributed by atoms with Crippen LogP contribution in [0, 0.1) is 10.1 Å². The van der Waals surface area contributed by atoms with Crippen LogP contribution in [0.25, 0.3) is 11.3 Å². The van der Waals surface area contributed by atoms with Crippen molar-refractivity contribution in [2.45, 2.75) is 12.8 Å². The standard InChI is InChI=1S/C17H20N4O3/c22-21(23)17-13-16(14-5-2-1-3-6-14)19-18-15(17)7-4-8-20-9-11-24-12-10-20/h1-3,5-6,13H,4,7-12H2. The summed E-state index contributed by atoms with van der Waals surface area (Å²) in [6.07, 6.45) is 1.37. The fourth-order valence-corrected chi connectivity index (χ4v) is 2.79. The average molecular weight is 328 g/mol. The van der Waals surface area contributed by atoms with Crippen LogP contribution in [0.1, 0.15) is 12.1 Å². The van der Waals surface area contributed by atoms with Gasteiger partial charge < -0.3 is 4.74 Å². The number of rotatable bonds is 6. The summed E-state index contributed by atoms with van der Waals surface area (Å²) in [6, 6.07) is 10.9. The van der Waals surface area contributed by atoms with Crippen LogP contribution < -0.4 is 0 Å². The minimum Gasteiger partial charge on any atom is -0.379 e. The Kier molecular flexibility index (Phi) is 5.45. The van der Waals surface area contributed by atoms with Gasteiger partial charge in [-0.1, -0.05) is 30.3 Å². The van der Waals surface area contributed by atoms with Crippen LogP contribution in [-0.4, -0.2) is 52.9 Å². The quantitative estimate of drug-likeness (QED) is 0.598. The second kappa shape index (κ2) is 7.94. The van der Waals surface area contributed by atoms with E-state index in [9.17, 15) is 10.1 Å². The highest BCUT2D eigenvalue weighted by atomic mass is 16.6. The van der Waals surface area contributed by atoms with Crippen molar-refractivity contribution in [1.82, 2.24) is 15.1 Å². The van der Waals surface area contributed by atoms with Gasteiger partial charge in [0.25, 0.3) is 5.69 Å². The third kappa shape index (κ3) is 4.12.